The number of aromatic nitrogens is 2. The number of hydrogen-bond donors (Lipinski definition) is 1. The Bertz CT molecular complexity index is 268. The van der Waals surface area contributed by atoms with Crippen molar-refractivity contribution < 1.29 is 9.84 Å². The molecule has 0 bridgehead atoms. The molecule has 0 amide bonds. The number of rotatable bonds is 3. The van der Waals surface area contributed by atoms with Crippen LogP contribution in [-0.4, -0.2) is 20.6 Å². The van der Waals surface area contributed by atoms with E-state index in [0.29, 0.717) is 17.1 Å². The lowest BCUT2D eigenvalue weighted by Crippen LogP contribution is -2.19. The minimum atomic E-state index is -1.01. The molecule has 0 aliphatic rings. The number of ether oxygens (including phenoxy) is 1. The Morgan fingerprint density at radius 3 is 2.38 bits per heavy atom. The van der Waals surface area contributed by atoms with Crippen molar-refractivity contribution >= 4 is 15.9 Å². The van der Waals surface area contributed by atoms with Crippen LogP contribution in [0.1, 0.15) is 19.7 Å². The fraction of sp³-hybridized carbons (Fsp3) is 0.500. The fourth-order valence-corrected chi connectivity index (χ4v) is 1.03. The van der Waals surface area contributed by atoms with Crippen molar-refractivity contribution in [2.75, 3.05) is 5.52 Å². The molecule has 13 heavy (non-hydrogen) atoms. The van der Waals surface area contributed by atoms with E-state index in [2.05, 4.69) is 25.9 Å². The van der Waals surface area contributed by atoms with Gasteiger partial charge in [-0.05, 0) is 29.8 Å². The van der Waals surface area contributed by atoms with Gasteiger partial charge in [0.25, 0.3) is 0 Å². The SMILES string of the molecule is CC(C)(O)c1ncc(OCBr)cn1. The highest BCUT2D eigenvalue weighted by Gasteiger charge is 2.18. The number of halogens is 1. The molecule has 0 aliphatic carbocycles. The third-order valence-electron chi connectivity index (χ3n) is 1.40. The third kappa shape index (κ3) is 2.93. The van der Waals surface area contributed by atoms with Crippen molar-refractivity contribution in [2.45, 2.75) is 19.4 Å². The highest BCUT2D eigenvalue weighted by Crippen LogP contribution is 2.16. The average molecular weight is 247 g/mol. The zero-order valence-corrected chi connectivity index (χ0v) is 9.08. The average Bonchev–Trinajstić information content (AvgIpc) is 2.04. The van der Waals surface area contributed by atoms with E-state index in [1.165, 1.54) is 12.4 Å². The molecule has 0 aromatic carbocycles. The van der Waals surface area contributed by atoms with Gasteiger partial charge < -0.3 is 9.84 Å². The molecule has 1 aromatic heterocycles. The van der Waals surface area contributed by atoms with E-state index in [1.54, 1.807) is 13.8 Å². The van der Waals surface area contributed by atoms with Crippen molar-refractivity contribution in [3.05, 3.63) is 18.2 Å². The van der Waals surface area contributed by atoms with Gasteiger partial charge in [-0.15, -0.1) is 0 Å². The highest BCUT2D eigenvalue weighted by molar-refractivity contribution is 9.09. The first-order valence-electron chi connectivity index (χ1n) is 3.77. The molecule has 0 spiro atoms. The second kappa shape index (κ2) is 4.02. The molecule has 0 fully saturated rings. The third-order valence-corrected chi connectivity index (χ3v) is 1.63. The smallest absolute Gasteiger partial charge is 0.159 e. The molecule has 4 nitrogen and oxygen atoms in total. The quantitative estimate of drug-likeness (QED) is 0.821. The van der Waals surface area contributed by atoms with Crippen LogP contribution in [0.25, 0.3) is 0 Å². The van der Waals surface area contributed by atoms with Gasteiger partial charge >= 0.3 is 0 Å². The lowest BCUT2D eigenvalue weighted by Gasteiger charge is -2.14. The summed E-state index contributed by atoms with van der Waals surface area (Å²) in [5, 5.41) is 9.53. The van der Waals surface area contributed by atoms with E-state index in [-0.39, 0.29) is 0 Å². The summed E-state index contributed by atoms with van der Waals surface area (Å²) in [6.45, 7) is 3.26. The van der Waals surface area contributed by atoms with Crippen molar-refractivity contribution in [1.82, 2.24) is 9.97 Å². The molecule has 1 rings (SSSR count). The lowest BCUT2D eigenvalue weighted by molar-refractivity contribution is 0.0685. The highest BCUT2D eigenvalue weighted by atomic mass is 79.9. The monoisotopic (exact) mass is 246 g/mol. The standard InChI is InChI=1S/C8H11BrN2O2/c1-8(2,12)7-10-3-6(4-11-7)13-5-9/h3-4,12H,5H2,1-2H3. The maximum atomic E-state index is 9.53. The summed E-state index contributed by atoms with van der Waals surface area (Å²) in [7, 11) is 0. The normalized spacial score (nSPS) is 11.4. The molecule has 5 heteroatoms. The number of alkyl halides is 1. The van der Waals surface area contributed by atoms with E-state index in [1.807, 2.05) is 0 Å². The number of nitrogens with zero attached hydrogens (tertiary/aromatic N) is 2. The predicted molar refractivity (Wildman–Crippen MR) is 51.7 cm³/mol. The molecule has 1 N–H and O–H groups in total. The van der Waals surface area contributed by atoms with Gasteiger partial charge in [-0.25, -0.2) is 9.97 Å². The van der Waals surface area contributed by atoms with Crippen LogP contribution < -0.4 is 4.74 Å². The van der Waals surface area contributed by atoms with Crippen LogP contribution in [-0.2, 0) is 5.60 Å². The Kier molecular flexibility index (Phi) is 3.22. The van der Waals surface area contributed by atoms with Crippen molar-refractivity contribution in [1.29, 1.82) is 0 Å². The first-order valence-corrected chi connectivity index (χ1v) is 4.90. The fourth-order valence-electron chi connectivity index (χ4n) is 0.770. The van der Waals surface area contributed by atoms with Crippen LogP contribution in [0.5, 0.6) is 5.75 Å². The Labute approximate surface area is 85.1 Å². The minimum absolute atomic E-state index is 0.384. The van der Waals surface area contributed by atoms with Gasteiger partial charge in [0.1, 0.15) is 11.1 Å². The van der Waals surface area contributed by atoms with Crippen molar-refractivity contribution in [3.63, 3.8) is 0 Å². The molecule has 0 unspecified atom stereocenters. The van der Waals surface area contributed by atoms with Crippen LogP contribution >= 0.6 is 15.9 Å². The summed E-state index contributed by atoms with van der Waals surface area (Å²) >= 11 is 3.12. The Hall–Kier alpha value is -0.680. The van der Waals surface area contributed by atoms with Crippen LogP contribution in [0.15, 0.2) is 12.4 Å². The summed E-state index contributed by atoms with van der Waals surface area (Å²) in [5.74, 6) is 0.958. The van der Waals surface area contributed by atoms with E-state index in [4.69, 9.17) is 4.74 Å². The van der Waals surface area contributed by atoms with Crippen LogP contribution in [0.3, 0.4) is 0 Å². The van der Waals surface area contributed by atoms with Gasteiger partial charge in [0.2, 0.25) is 0 Å². The van der Waals surface area contributed by atoms with Gasteiger partial charge in [-0.3, -0.25) is 0 Å². The molecule has 0 atom stereocenters. The molecule has 72 valence electrons. The van der Waals surface area contributed by atoms with Crippen LogP contribution in [0, 0.1) is 0 Å². The first kappa shape index (κ1) is 10.4. The molecule has 0 saturated heterocycles. The zero-order chi connectivity index (χ0) is 9.90. The Balaban J connectivity index is 2.81. The van der Waals surface area contributed by atoms with Crippen molar-refractivity contribution in [2.24, 2.45) is 0 Å². The van der Waals surface area contributed by atoms with Gasteiger partial charge in [0.05, 0.1) is 12.4 Å². The molecule has 1 heterocycles. The van der Waals surface area contributed by atoms with E-state index >= 15 is 0 Å². The van der Waals surface area contributed by atoms with Crippen molar-refractivity contribution in [3.8, 4) is 5.75 Å². The summed E-state index contributed by atoms with van der Waals surface area (Å²) in [4.78, 5) is 7.92. The predicted octanol–water partition coefficient (Wildman–Crippen LogP) is 1.44. The van der Waals surface area contributed by atoms with Gasteiger partial charge in [-0.1, -0.05) is 0 Å². The number of aliphatic hydroxyl groups is 1. The van der Waals surface area contributed by atoms with E-state index in [0.717, 1.165) is 0 Å². The van der Waals surface area contributed by atoms with Crippen LogP contribution in [0.4, 0.5) is 0 Å². The molecular formula is C8H11BrN2O2. The summed E-state index contributed by atoms with van der Waals surface area (Å²) in [6.07, 6.45) is 3.06. The Morgan fingerprint density at radius 1 is 1.46 bits per heavy atom. The van der Waals surface area contributed by atoms with Gasteiger partial charge in [-0.2, -0.15) is 0 Å². The molecule has 0 radical (unpaired) electrons. The molecular weight excluding hydrogens is 236 g/mol. The molecule has 0 saturated carbocycles. The number of hydrogen-bond acceptors (Lipinski definition) is 4. The minimum Gasteiger partial charge on any atom is -0.479 e. The lowest BCUT2D eigenvalue weighted by atomic mass is 10.1. The maximum Gasteiger partial charge on any atom is 0.159 e. The molecule has 1 aromatic rings. The second-order valence-electron chi connectivity index (χ2n) is 3.05. The summed E-state index contributed by atoms with van der Waals surface area (Å²) < 4.78 is 5.08. The van der Waals surface area contributed by atoms with Gasteiger partial charge in [0.15, 0.2) is 11.6 Å². The van der Waals surface area contributed by atoms with E-state index in [9.17, 15) is 5.11 Å². The van der Waals surface area contributed by atoms with E-state index < -0.39 is 5.60 Å². The largest absolute Gasteiger partial charge is 0.479 e. The molecule has 0 aliphatic heterocycles. The topological polar surface area (TPSA) is 55.2 Å². The first-order chi connectivity index (χ1) is 6.04. The van der Waals surface area contributed by atoms with Gasteiger partial charge in [0, 0.05) is 0 Å². The second-order valence-corrected chi connectivity index (χ2v) is 3.51. The van der Waals surface area contributed by atoms with Crippen LogP contribution in [0.2, 0.25) is 0 Å². The summed E-state index contributed by atoms with van der Waals surface area (Å²) in [5.41, 5.74) is -0.606. The summed E-state index contributed by atoms with van der Waals surface area (Å²) in [6, 6.07) is 0. The maximum absolute atomic E-state index is 9.53. The Morgan fingerprint density at radius 2 is 2.00 bits per heavy atom. The zero-order valence-electron chi connectivity index (χ0n) is 7.49.